The third kappa shape index (κ3) is 4.56. The highest BCUT2D eigenvalue weighted by Crippen LogP contribution is 2.26. The Morgan fingerprint density at radius 2 is 1.96 bits per heavy atom. The summed E-state index contributed by atoms with van der Waals surface area (Å²) in [4.78, 5) is 17.6. The number of anilines is 1. The van der Waals surface area contributed by atoms with Gasteiger partial charge in [0.2, 0.25) is 15.9 Å². The number of fused-ring (bicyclic) bond motifs is 1. The first-order chi connectivity index (χ1) is 13.4. The highest BCUT2D eigenvalue weighted by molar-refractivity contribution is 7.89. The summed E-state index contributed by atoms with van der Waals surface area (Å²) in [7, 11) is -2.42. The molecule has 28 heavy (non-hydrogen) atoms. The number of sulfonamides is 1. The molecule has 0 unspecified atom stereocenters. The minimum Gasteiger partial charge on any atom is -0.383 e. The molecule has 0 aliphatic carbocycles. The maximum atomic E-state index is 13.3. The first-order valence-corrected chi connectivity index (χ1v) is 10.9. The number of benzene rings is 2. The number of aromatic nitrogens is 1. The second kappa shape index (κ2) is 8.78. The number of nitrogens with one attached hydrogen (secondary N) is 1. The summed E-state index contributed by atoms with van der Waals surface area (Å²) in [5.41, 5.74) is 0. The van der Waals surface area contributed by atoms with Gasteiger partial charge in [0.25, 0.3) is 0 Å². The van der Waals surface area contributed by atoms with Gasteiger partial charge in [-0.2, -0.15) is 4.31 Å². The van der Waals surface area contributed by atoms with Crippen molar-refractivity contribution in [2.24, 2.45) is 0 Å². The number of amides is 1. The van der Waals surface area contributed by atoms with Crippen LogP contribution < -0.4 is 5.32 Å². The van der Waals surface area contributed by atoms with Gasteiger partial charge in [0.1, 0.15) is 0 Å². The van der Waals surface area contributed by atoms with Crippen molar-refractivity contribution < 1.29 is 17.9 Å². The van der Waals surface area contributed by atoms with E-state index < -0.39 is 15.9 Å². The minimum absolute atomic E-state index is 0.0619. The Bertz CT molecular complexity index is 1070. The van der Waals surface area contributed by atoms with Gasteiger partial charge in [0.05, 0.1) is 18.0 Å². The fourth-order valence-corrected chi connectivity index (χ4v) is 5.04. The molecule has 0 bridgehead atoms. The van der Waals surface area contributed by atoms with Crippen molar-refractivity contribution >= 4 is 43.2 Å². The Hall–Kier alpha value is -2.33. The molecule has 1 aromatic heterocycles. The van der Waals surface area contributed by atoms with Crippen LogP contribution in [0.4, 0.5) is 5.13 Å². The van der Waals surface area contributed by atoms with Crippen molar-refractivity contribution in [3.63, 3.8) is 0 Å². The summed E-state index contributed by atoms with van der Waals surface area (Å²) >= 11 is 1.33. The van der Waals surface area contributed by atoms with Crippen LogP contribution in [0, 0.1) is 6.92 Å². The summed E-state index contributed by atoms with van der Waals surface area (Å²) in [6, 6.07) is 12.4. The van der Waals surface area contributed by atoms with Crippen LogP contribution in [-0.4, -0.2) is 50.4 Å². The number of hydrogen-bond donors (Lipinski definition) is 1. The fourth-order valence-electron chi connectivity index (χ4n) is 2.77. The third-order valence-electron chi connectivity index (χ3n) is 4.10. The SMILES string of the molecule is COCCN(CC(=O)Nc1ncc(C)s1)S(=O)(=O)c1cccc2ccccc12. The highest BCUT2D eigenvalue weighted by atomic mass is 32.2. The Balaban J connectivity index is 1.89. The lowest BCUT2D eigenvalue weighted by Crippen LogP contribution is -2.40. The van der Waals surface area contributed by atoms with Crippen LogP contribution in [-0.2, 0) is 19.6 Å². The number of aryl methyl sites for hydroxylation is 1. The summed E-state index contributed by atoms with van der Waals surface area (Å²) in [6.07, 6.45) is 1.65. The van der Waals surface area contributed by atoms with Crippen LogP contribution >= 0.6 is 11.3 Å². The quantitative estimate of drug-likeness (QED) is 0.606. The number of methoxy groups -OCH3 is 1. The molecule has 0 spiro atoms. The van der Waals surface area contributed by atoms with Gasteiger partial charge >= 0.3 is 0 Å². The highest BCUT2D eigenvalue weighted by Gasteiger charge is 2.28. The molecule has 1 amide bonds. The lowest BCUT2D eigenvalue weighted by atomic mass is 10.1. The molecule has 3 aromatic rings. The van der Waals surface area contributed by atoms with E-state index in [2.05, 4.69) is 10.3 Å². The number of nitrogens with zero attached hydrogens (tertiary/aromatic N) is 2. The molecule has 7 nitrogen and oxygen atoms in total. The van der Waals surface area contributed by atoms with E-state index >= 15 is 0 Å². The molecule has 0 aliphatic rings. The molecule has 2 aromatic carbocycles. The molecule has 148 valence electrons. The molecule has 0 atom stereocenters. The Labute approximate surface area is 168 Å². The van der Waals surface area contributed by atoms with Crippen LogP contribution in [0.2, 0.25) is 0 Å². The molecule has 1 heterocycles. The summed E-state index contributed by atoms with van der Waals surface area (Å²) in [5.74, 6) is -0.450. The molecule has 1 N–H and O–H groups in total. The Morgan fingerprint density at radius 3 is 2.68 bits per heavy atom. The van der Waals surface area contributed by atoms with E-state index in [4.69, 9.17) is 4.74 Å². The molecule has 9 heteroatoms. The van der Waals surface area contributed by atoms with Gasteiger partial charge < -0.3 is 10.1 Å². The van der Waals surface area contributed by atoms with Crippen LogP contribution in [0.1, 0.15) is 4.88 Å². The molecule has 0 aliphatic heterocycles. The predicted molar refractivity (Wildman–Crippen MR) is 110 cm³/mol. The van der Waals surface area contributed by atoms with Crippen molar-refractivity contribution in [1.82, 2.24) is 9.29 Å². The van der Waals surface area contributed by atoms with Crippen molar-refractivity contribution in [2.45, 2.75) is 11.8 Å². The number of carbonyl (C=O) groups excluding carboxylic acids is 1. The molecule has 0 saturated heterocycles. The van der Waals surface area contributed by atoms with Gasteiger partial charge in [-0.3, -0.25) is 4.79 Å². The zero-order valence-electron chi connectivity index (χ0n) is 15.6. The fraction of sp³-hybridized carbons (Fsp3) is 0.263. The summed E-state index contributed by atoms with van der Waals surface area (Å²) in [5, 5.41) is 4.53. The zero-order valence-corrected chi connectivity index (χ0v) is 17.2. The van der Waals surface area contributed by atoms with E-state index in [0.29, 0.717) is 10.5 Å². The van der Waals surface area contributed by atoms with Crippen LogP contribution in [0.3, 0.4) is 0 Å². The molecule has 0 radical (unpaired) electrons. The number of ether oxygens (including phenoxy) is 1. The first-order valence-electron chi connectivity index (χ1n) is 8.61. The lowest BCUT2D eigenvalue weighted by Gasteiger charge is -2.22. The van der Waals surface area contributed by atoms with Gasteiger partial charge in [0.15, 0.2) is 5.13 Å². The van der Waals surface area contributed by atoms with Crippen molar-refractivity contribution in [3.8, 4) is 0 Å². The molecule has 0 saturated carbocycles. The first kappa shape index (κ1) is 20.4. The van der Waals surface area contributed by atoms with Gasteiger partial charge in [-0.05, 0) is 18.4 Å². The van der Waals surface area contributed by atoms with Crippen LogP contribution in [0.5, 0.6) is 0 Å². The summed E-state index contributed by atoms with van der Waals surface area (Å²) in [6.45, 7) is 1.79. The molecule has 3 rings (SSSR count). The Morgan fingerprint density at radius 1 is 1.21 bits per heavy atom. The molecule has 0 fully saturated rings. The van der Waals surface area contributed by atoms with Gasteiger partial charge in [0, 0.05) is 30.1 Å². The van der Waals surface area contributed by atoms with Crippen molar-refractivity contribution in [1.29, 1.82) is 0 Å². The van der Waals surface area contributed by atoms with E-state index in [1.54, 1.807) is 30.5 Å². The second-order valence-electron chi connectivity index (χ2n) is 6.13. The number of rotatable bonds is 8. The van der Waals surface area contributed by atoms with E-state index in [-0.39, 0.29) is 24.6 Å². The standard InChI is InChI=1S/C19H21N3O4S2/c1-14-12-20-19(27-14)21-18(23)13-22(10-11-26-2)28(24,25)17-9-5-7-15-6-3-4-8-16(15)17/h3-9,12H,10-11,13H2,1-2H3,(H,20,21,23). The van der Waals surface area contributed by atoms with Gasteiger partial charge in [-0.25, -0.2) is 13.4 Å². The second-order valence-corrected chi connectivity index (χ2v) is 9.27. The largest absolute Gasteiger partial charge is 0.383 e. The topological polar surface area (TPSA) is 88.6 Å². The van der Waals surface area contributed by atoms with Crippen molar-refractivity contribution in [3.05, 3.63) is 53.5 Å². The normalized spacial score (nSPS) is 11.8. The molecular formula is C19H21N3O4S2. The van der Waals surface area contributed by atoms with Gasteiger partial charge in [-0.1, -0.05) is 36.4 Å². The lowest BCUT2D eigenvalue weighted by molar-refractivity contribution is -0.116. The van der Waals surface area contributed by atoms with Crippen LogP contribution in [0.15, 0.2) is 53.6 Å². The number of thiazole rings is 1. The summed E-state index contributed by atoms with van der Waals surface area (Å²) < 4.78 is 32.8. The maximum Gasteiger partial charge on any atom is 0.244 e. The number of carbonyl (C=O) groups is 1. The zero-order chi connectivity index (χ0) is 20.1. The maximum absolute atomic E-state index is 13.3. The average molecular weight is 420 g/mol. The third-order valence-corrected chi connectivity index (χ3v) is 6.83. The van der Waals surface area contributed by atoms with Crippen LogP contribution in [0.25, 0.3) is 10.8 Å². The number of hydrogen-bond acceptors (Lipinski definition) is 6. The van der Waals surface area contributed by atoms with E-state index in [1.165, 1.54) is 18.4 Å². The van der Waals surface area contributed by atoms with Gasteiger partial charge in [-0.15, -0.1) is 11.3 Å². The van der Waals surface area contributed by atoms with E-state index in [1.807, 2.05) is 25.1 Å². The monoisotopic (exact) mass is 419 g/mol. The van der Waals surface area contributed by atoms with Crippen molar-refractivity contribution in [2.75, 3.05) is 32.1 Å². The smallest absolute Gasteiger partial charge is 0.244 e. The van der Waals surface area contributed by atoms with E-state index in [0.717, 1.165) is 14.6 Å². The van der Waals surface area contributed by atoms with E-state index in [9.17, 15) is 13.2 Å². The predicted octanol–water partition coefficient (Wildman–Crippen LogP) is 2.88. The average Bonchev–Trinajstić information content (AvgIpc) is 3.09. The minimum atomic E-state index is -3.91. The Kier molecular flexibility index (Phi) is 6.40. The molecular weight excluding hydrogens is 398 g/mol.